The molecule has 0 N–H and O–H groups in total. The van der Waals surface area contributed by atoms with E-state index in [-0.39, 0.29) is 0 Å². The molecule has 52 heavy (non-hydrogen) atoms. The van der Waals surface area contributed by atoms with Crippen LogP contribution in [-0.2, 0) is 0 Å². The number of rotatable bonds is 5. The van der Waals surface area contributed by atoms with Crippen LogP contribution in [0, 0.1) is 0 Å². The van der Waals surface area contributed by atoms with Gasteiger partial charge in [0.05, 0.1) is 22.8 Å². The summed E-state index contributed by atoms with van der Waals surface area (Å²) in [4.78, 5) is 20.6. The van der Waals surface area contributed by atoms with Gasteiger partial charge in [0, 0.05) is 51.0 Å². The van der Waals surface area contributed by atoms with E-state index in [4.69, 9.17) is 19.9 Å². The van der Waals surface area contributed by atoms with Crippen molar-refractivity contribution in [1.82, 2.24) is 19.9 Å². The first kappa shape index (κ1) is 29.8. The molecule has 10 aromatic rings. The molecule has 0 atom stereocenters. The summed E-state index contributed by atoms with van der Waals surface area (Å²) in [6.45, 7) is 0. The van der Waals surface area contributed by atoms with Crippen LogP contribution in [-0.4, -0.2) is 19.9 Å². The van der Waals surface area contributed by atoms with Crippen LogP contribution in [0.2, 0.25) is 0 Å². The number of hydrogen-bond donors (Lipinski definition) is 0. The van der Waals surface area contributed by atoms with Crippen molar-refractivity contribution in [2.24, 2.45) is 0 Å². The third kappa shape index (κ3) is 5.34. The second-order valence-electron chi connectivity index (χ2n) is 13.1. The van der Waals surface area contributed by atoms with Crippen molar-refractivity contribution in [3.63, 3.8) is 0 Å². The van der Waals surface area contributed by atoms with E-state index < -0.39 is 0 Å². The van der Waals surface area contributed by atoms with Gasteiger partial charge in [-0.25, -0.2) is 9.97 Å². The highest BCUT2D eigenvalue weighted by Gasteiger charge is 2.17. The van der Waals surface area contributed by atoms with Gasteiger partial charge in [0.2, 0.25) is 0 Å². The van der Waals surface area contributed by atoms with Gasteiger partial charge >= 0.3 is 0 Å². The van der Waals surface area contributed by atoms with Gasteiger partial charge in [0.1, 0.15) is 0 Å². The maximum Gasteiger partial charge on any atom is 0.160 e. The molecule has 0 amide bonds. The van der Waals surface area contributed by atoms with Crippen molar-refractivity contribution < 1.29 is 0 Å². The number of pyridine rings is 2. The molecule has 3 aromatic heterocycles. The first-order chi connectivity index (χ1) is 25.7. The third-order valence-corrected chi connectivity index (χ3v) is 9.90. The molecule has 0 radical (unpaired) electrons. The number of benzene rings is 7. The molecule has 0 aliphatic carbocycles. The van der Waals surface area contributed by atoms with E-state index in [1.165, 1.54) is 10.8 Å². The fraction of sp³-hybridized carbons (Fsp3) is 0. The standard InChI is InChI=1S/C48H30N4/c1-3-15-35-29-49-44(26-33(35)13-1)37-23-38(45-27-34-14-2-4-16-36(34)30-50-45)25-39(24-37)48-51-46(42-21-9-17-31-11-5-7-19-40(31)42)28-47(52-48)43-22-10-18-32-12-6-8-20-41(32)43/h1-30H. The molecule has 3 heterocycles. The molecule has 0 saturated carbocycles. The van der Waals surface area contributed by atoms with Crippen LogP contribution >= 0.6 is 0 Å². The molecule has 4 heteroatoms. The first-order valence-corrected chi connectivity index (χ1v) is 17.4. The number of hydrogen-bond acceptors (Lipinski definition) is 4. The summed E-state index contributed by atoms with van der Waals surface area (Å²) in [6.07, 6.45) is 3.89. The monoisotopic (exact) mass is 662 g/mol. The summed E-state index contributed by atoms with van der Waals surface area (Å²) in [5.74, 6) is 0.637. The van der Waals surface area contributed by atoms with Crippen LogP contribution in [0.25, 0.3) is 99.5 Å². The summed E-state index contributed by atoms with van der Waals surface area (Å²) >= 11 is 0. The van der Waals surface area contributed by atoms with Crippen LogP contribution in [0.1, 0.15) is 0 Å². The zero-order valence-electron chi connectivity index (χ0n) is 28.1. The molecule has 242 valence electrons. The Bertz CT molecular complexity index is 2780. The average molecular weight is 663 g/mol. The molecule has 10 rings (SSSR count). The Kier molecular flexibility index (Phi) is 7.10. The highest BCUT2D eigenvalue weighted by atomic mass is 14.9. The van der Waals surface area contributed by atoms with Crippen molar-refractivity contribution in [3.8, 4) is 56.4 Å². The van der Waals surface area contributed by atoms with Crippen LogP contribution in [0.5, 0.6) is 0 Å². The maximum absolute atomic E-state index is 5.35. The lowest BCUT2D eigenvalue weighted by Crippen LogP contribution is -1.98. The highest BCUT2D eigenvalue weighted by molar-refractivity contribution is 5.99. The Morgan fingerprint density at radius 2 is 0.692 bits per heavy atom. The lowest BCUT2D eigenvalue weighted by atomic mass is 9.97. The Balaban J connectivity index is 1.24. The second-order valence-corrected chi connectivity index (χ2v) is 13.1. The molecule has 0 saturated heterocycles. The molecular weight excluding hydrogens is 633 g/mol. The van der Waals surface area contributed by atoms with E-state index in [1.54, 1.807) is 0 Å². The SMILES string of the molecule is c1ccc2cc(-c3cc(-c4cc5ccccc5cn4)cc(-c4nc(-c5cccc6ccccc56)cc(-c5cccc6ccccc56)n4)c3)ncc2c1. The van der Waals surface area contributed by atoms with Crippen molar-refractivity contribution in [2.45, 2.75) is 0 Å². The minimum Gasteiger partial charge on any atom is -0.256 e. The quantitative estimate of drug-likeness (QED) is 0.184. The van der Waals surface area contributed by atoms with E-state index in [2.05, 4.69) is 158 Å². The van der Waals surface area contributed by atoms with Crippen molar-refractivity contribution >= 4 is 43.1 Å². The summed E-state index contributed by atoms with van der Waals surface area (Å²) in [7, 11) is 0. The molecule has 0 fully saturated rings. The largest absolute Gasteiger partial charge is 0.256 e. The summed E-state index contributed by atoms with van der Waals surface area (Å²) in [6, 6.07) is 59.4. The predicted molar refractivity (Wildman–Crippen MR) is 215 cm³/mol. The first-order valence-electron chi connectivity index (χ1n) is 17.4. The lowest BCUT2D eigenvalue weighted by molar-refractivity contribution is 1.19. The van der Waals surface area contributed by atoms with Crippen molar-refractivity contribution in [3.05, 3.63) is 182 Å². The summed E-state index contributed by atoms with van der Waals surface area (Å²) in [5, 5.41) is 9.10. The van der Waals surface area contributed by atoms with Crippen molar-refractivity contribution in [1.29, 1.82) is 0 Å². The third-order valence-electron chi connectivity index (χ3n) is 9.90. The highest BCUT2D eigenvalue weighted by Crippen LogP contribution is 2.37. The van der Waals surface area contributed by atoms with E-state index in [1.807, 2.05) is 24.5 Å². The smallest absolute Gasteiger partial charge is 0.160 e. The Labute approximate surface area is 300 Å². The number of fused-ring (bicyclic) bond motifs is 4. The summed E-state index contributed by atoms with van der Waals surface area (Å²) in [5.41, 5.74) is 8.44. The van der Waals surface area contributed by atoms with Gasteiger partial charge in [-0.1, -0.05) is 133 Å². The molecule has 0 aliphatic heterocycles. The van der Waals surface area contributed by atoms with Crippen molar-refractivity contribution in [2.75, 3.05) is 0 Å². The fourth-order valence-corrected chi connectivity index (χ4v) is 7.29. The molecule has 0 bridgehead atoms. The van der Waals surface area contributed by atoms with E-state index in [0.717, 1.165) is 82.9 Å². The van der Waals surface area contributed by atoms with Crippen LogP contribution in [0.4, 0.5) is 0 Å². The van der Waals surface area contributed by atoms with Crippen LogP contribution in [0.3, 0.4) is 0 Å². The molecule has 0 aliphatic rings. The van der Waals surface area contributed by atoms with Gasteiger partial charge in [-0.2, -0.15) is 0 Å². The minimum absolute atomic E-state index is 0.637. The van der Waals surface area contributed by atoms with E-state index >= 15 is 0 Å². The van der Waals surface area contributed by atoms with E-state index in [0.29, 0.717) is 5.82 Å². The van der Waals surface area contributed by atoms with Gasteiger partial charge < -0.3 is 0 Å². The normalized spacial score (nSPS) is 11.5. The fourth-order valence-electron chi connectivity index (χ4n) is 7.29. The van der Waals surface area contributed by atoms with Gasteiger partial charge in [-0.05, 0) is 68.7 Å². The molecule has 7 aromatic carbocycles. The minimum atomic E-state index is 0.637. The maximum atomic E-state index is 5.35. The Morgan fingerprint density at radius 3 is 1.19 bits per heavy atom. The van der Waals surface area contributed by atoms with E-state index in [9.17, 15) is 0 Å². The Hall–Kier alpha value is -7.04. The van der Waals surface area contributed by atoms with Crippen LogP contribution < -0.4 is 0 Å². The zero-order valence-corrected chi connectivity index (χ0v) is 28.1. The van der Waals surface area contributed by atoms with Gasteiger partial charge in [0.15, 0.2) is 5.82 Å². The summed E-state index contributed by atoms with van der Waals surface area (Å²) < 4.78 is 0. The topological polar surface area (TPSA) is 51.6 Å². The molecule has 0 spiro atoms. The lowest BCUT2D eigenvalue weighted by Gasteiger charge is -2.14. The number of nitrogens with zero attached hydrogens (tertiary/aromatic N) is 4. The Morgan fingerprint density at radius 1 is 0.288 bits per heavy atom. The molecule has 0 unspecified atom stereocenters. The number of aromatic nitrogens is 4. The molecule has 4 nitrogen and oxygen atoms in total. The van der Waals surface area contributed by atoms with Gasteiger partial charge in [-0.15, -0.1) is 0 Å². The van der Waals surface area contributed by atoms with Gasteiger partial charge in [-0.3, -0.25) is 9.97 Å². The molecular formula is C48H30N4. The van der Waals surface area contributed by atoms with Crippen LogP contribution in [0.15, 0.2) is 182 Å². The predicted octanol–water partition coefficient (Wildman–Crippen LogP) is 12.2. The zero-order chi connectivity index (χ0) is 34.4. The average Bonchev–Trinajstić information content (AvgIpc) is 3.22. The second kappa shape index (κ2) is 12.4. The van der Waals surface area contributed by atoms with Gasteiger partial charge in [0.25, 0.3) is 0 Å².